The Morgan fingerprint density at radius 2 is 2.55 bits per heavy atom. The smallest absolute Gasteiger partial charge is 0.0814 e. The Balaban J connectivity index is 2.43. The van der Waals surface area contributed by atoms with Gasteiger partial charge in [0.25, 0.3) is 0 Å². The molecule has 1 saturated heterocycles. The second kappa shape index (κ2) is 3.37. The van der Waals surface area contributed by atoms with Crippen LogP contribution in [0.25, 0.3) is 0 Å². The van der Waals surface area contributed by atoms with Gasteiger partial charge in [-0.3, -0.25) is 0 Å². The molecule has 1 fully saturated rings. The van der Waals surface area contributed by atoms with Crippen molar-refractivity contribution in [3.63, 3.8) is 0 Å². The van der Waals surface area contributed by atoms with Gasteiger partial charge in [0.2, 0.25) is 0 Å². The van der Waals surface area contributed by atoms with E-state index in [-0.39, 0.29) is 18.3 Å². The molecule has 0 spiro atoms. The summed E-state index contributed by atoms with van der Waals surface area (Å²) >= 11 is 0. The molecule has 2 heteroatoms. The Labute approximate surface area is 67.9 Å². The lowest BCUT2D eigenvalue weighted by molar-refractivity contribution is -0.0460. The molecule has 1 N–H and O–H groups in total. The lowest BCUT2D eigenvalue weighted by Gasteiger charge is -2.22. The molecule has 0 radical (unpaired) electrons. The Bertz CT molecular complexity index is 144. The van der Waals surface area contributed by atoms with Crippen molar-refractivity contribution < 1.29 is 9.84 Å². The minimum absolute atomic E-state index is 0.0555. The van der Waals surface area contributed by atoms with Crippen molar-refractivity contribution in [2.45, 2.75) is 37.9 Å². The molecule has 2 atom stereocenters. The summed E-state index contributed by atoms with van der Waals surface area (Å²) in [6.45, 7) is 5.90. The zero-order valence-electron chi connectivity index (χ0n) is 7.05. The minimum atomic E-state index is -0.0604. The maximum atomic E-state index is 8.82. The van der Waals surface area contributed by atoms with Crippen molar-refractivity contribution in [2.24, 2.45) is 0 Å². The average Bonchev–Trinajstić information content (AvgIpc) is 2.33. The molecule has 0 aliphatic carbocycles. The van der Waals surface area contributed by atoms with Crippen LogP contribution in [0.1, 0.15) is 26.2 Å². The van der Waals surface area contributed by atoms with Crippen molar-refractivity contribution in [1.29, 1.82) is 0 Å². The first-order valence-corrected chi connectivity index (χ1v) is 4.10. The standard InChI is InChI=1S/C9H16O2/c1-3-5-9(2)6-4-8(7-10)11-9/h3,8,10H,1,4-7H2,2H3/t8-,9+/m0/s1. The topological polar surface area (TPSA) is 29.5 Å². The molecule has 1 aliphatic rings. The van der Waals surface area contributed by atoms with E-state index < -0.39 is 0 Å². The Kier molecular flexibility index (Phi) is 2.68. The molecule has 2 nitrogen and oxygen atoms in total. The molecule has 0 bridgehead atoms. The van der Waals surface area contributed by atoms with Gasteiger partial charge in [-0.1, -0.05) is 6.08 Å². The van der Waals surface area contributed by atoms with Crippen LogP contribution in [0, 0.1) is 0 Å². The molecule has 1 rings (SSSR count). The lowest BCUT2D eigenvalue weighted by Crippen LogP contribution is -2.25. The zero-order chi connectivity index (χ0) is 8.32. The third-order valence-electron chi connectivity index (χ3n) is 2.23. The molecule has 0 unspecified atom stereocenters. The van der Waals surface area contributed by atoms with Crippen molar-refractivity contribution >= 4 is 0 Å². The molecule has 0 amide bonds. The van der Waals surface area contributed by atoms with Gasteiger partial charge >= 0.3 is 0 Å². The highest BCUT2D eigenvalue weighted by molar-refractivity contribution is 4.90. The molecule has 64 valence electrons. The summed E-state index contributed by atoms with van der Waals surface area (Å²) in [5.41, 5.74) is -0.0604. The van der Waals surface area contributed by atoms with E-state index >= 15 is 0 Å². The SMILES string of the molecule is C=CC[C@]1(C)CC[C@@H](CO)O1. The Morgan fingerprint density at radius 3 is 3.00 bits per heavy atom. The quantitative estimate of drug-likeness (QED) is 0.627. The summed E-state index contributed by atoms with van der Waals surface area (Å²) in [6, 6.07) is 0. The van der Waals surface area contributed by atoms with Crippen LogP contribution in [0.3, 0.4) is 0 Å². The molecule has 1 aliphatic heterocycles. The molecule has 11 heavy (non-hydrogen) atoms. The normalized spacial score (nSPS) is 37.5. The predicted molar refractivity (Wildman–Crippen MR) is 44.4 cm³/mol. The van der Waals surface area contributed by atoms with Gasteiger partial charge in [0, 0.05) is 0 Å². The number of hydrogen-bond acceptors (Lipinski definition) is 2. The molecule has 0 aromatic rings. The first kappa shape index (κ1) is 8.75. The van der Waals surface area contributed by atoms with Crippen LogP contribution >= 0.6 is 0 Å². The van der Waals surface area contributed by atoms with Crippen LogP contribution in [-0.4, -0.2) is 23.4 Å². The summed E-state index contributed by atoms with van der Waals surface area (Å²) in [5.74, 6) is 0. The maximum absolute atomic E-state index is 8.82. The summed E-state index contributed by atoms with van der Waals surface area (Å²) in [6.07, 6.45) is 4.81. The van der Waals surface area contributed by atoms with Crippen molar-refractivity contribution in [1.82, 2.24) is 0 Å². The molecule has 0 aromatic carbocycles. The largest absolute Gasteiger partial charge is 0.394 e. The van der Waals surface area contributed by atoms with E-state index in [1.54, 1.807) is 0 Å². The number of aliphatic hydroxyl groups excluding tert-OH is 1. The van der Waals surface area contributed by atoms with Gasteiger partial charge in [-0.15, -0.1) is 6.58 Å². The molecular formula is C9H16O2. The summed E-state index contributed by atoms with van der Waals surface area (Å²) in [4.78, 5) is 0. The number of aliphatic hydroxyl groups is 1. The number of ether oxygens (including phenoxy) is 1. The highest BCUT2D eigenvalue weighted by Gasteiger charge is 2.34. The second-order valence-electron chi connectivity index (χ2n) is 3.40. The maximum Gasteiger partial charge on any atom is 0.0814 e. The van der Waals surface area contributed by atoms with Gasteiger partial charge in [0.05, 0.1) is 18.3 Å². The van der Waals surface area contributed by atoms with E-state index in [0.29, 0.717) is 0 Å². The fourth-order valence-electron chi connectivity index (χ4n) is 1.57. The van der Waals surface area contributed by atoms with Crippen LogP contribution in [0.5, 0.6) is 0 Å². The van der Waals surface area contributed by atoms with E-state index in [0.717, 1.165) is 19.3 Å². The third-order valence-corrected chi connectivity index (χ3v) is 2.23. The van der Waals surface area contributed by atoms with Gasteiger partial charge in [-0.25, -0.2) is 0 Å². The monoisotopic (exact) mass is 156 g/mol. The molecule has 1 heterocycles. The summed E-state index contributed by atoms with van der Waals surface area (Å²) < 4.78 is 5.62. The average molecular weight is 156 g/mol. The van der Waals surface area contributed by atoms with Crippen molar-refractivity contribution in [3.05, 3.63) is 12.7 Å². The van der Waals surface area contributed by atoms with E-state index in [4.69, 9.17) is 9.84 Å². The predicted octanol–water partition coefficient (Wildman–Crippen LogP) is 1.49. The highest BCUT2D eigenvalue weighted by atomic mass is 16.5. The number of rotatable bonds is 3. The van der Waals surface area contributed by atoms with Gasteiger partial charge in [0.1, 0.15) is 0 Å². The van der Waals surface area contributed by atoms with E-state index in [9.17, 15) is 0 Å². The van der Waals surface area contributed by atoms with Crippen LogP contribution < -0.4 is 0 Å². The summed E-state index contributed by atoms with van der Waals surface area (Å²) in [5, 5.41) is 8.82. The third kappa shape index (κ3) is 2.04. The van der Waals surface area contributed by atoms with Crippen molar-refractivity contribution in [3.8, 4) is 0 Å². The van der Waals surface area contributed by atoms with Crippen molar-refractivity contribution in [2.75, 3.05) is 6.61 Å². The van der Waals surface area contributed by atoms with Gasteiger partial charge in [-0.05, 0) is 26.2 Å². The first-order valence-electron chi connectivity index (χ1n) is 4.10. The fourth-order valence-corrected chi connectivity index (χ4v) is 1.57. The second-order valence-corrected chi connectivity index (χ2v) is 3.40. The van der Waals surface area contributed by atoms with Crippen LogP contribution in [0.2, 0.25) is 0 Å². The lowest BCUT2D eigenvalue weighted by atomic mass is 9.98. The minimum Gasteiger partial charge on any atom is -0.394 e. The molecular weight excluding hydrogens is 140 g/mol. The Morgan fingerprint density at radius 1 is 1.82 bits per heavy atom. The van der Waals surface area contributed by atoms with E-state index in [2.05, 4.69) is 13.5 Å². The van der Waals surface area contributed by atoms with Gasteiger partial charge < -0.3 is 9.84 Å². The summed E-state index contributed by atoms with van der Waals surface area (Å²) in [7, 11) is 0. The number of hydrogen-bond donors (Lipinski definition) is 1. The molecule has 0 saturated carbocycles. The van der Waals surface area contributed by atoms with Gasteiger partial charge in [-0.2, -0.15) is 0 Å². The Hall–Kier alpha value is -0.340. The van der Waals surface area contributed by atoms with E-state index in [1.807, 2.05) is 6.08 Å². The fraction of sp³-hybridized carbons (Fsp3) is 0.778. The first-order chi connectivity index (χ1) is 5.20. The van der Waals surface area contributed by atoms with E-state index in [1.165, 1.54) is 0 Å². The highest BCUT2D eigenvalue weighted by Crippen LogP contribution is 2.32. The van der Waals surface area contributed by atoms with Crippen LogP contribution in [-0.2, 0) is 4.74 Å². The van der Waals surface area contributed by atoms with Crippen LogP contribution in [0.4, 0.5) is 0 Å². The molecule has 0 aromatic heterocycles. The van der Waals surface area contributed by atoms with Gasteiger partial charge in [0.15, 0.2) is 0 Å². The van der Waals surface area contributed by atoms with Crippen LogP contribution in [0.15, 0.2) is 12.7 Å². The zero-order valence-corrected chi connectivity index (χ0v) is 7.05.